The van der Waals surface area contributed by atoms with E-state index in [4.69, 9.17) is 27.9 Å². The van der Waals surface area contributed by atoms with Crippen LogP contribution in [0.5, 0.6) is 11.6 Å². The third-order valence-corrected chi connectivity index (χ3v) is 4.26. The van der Waals surface area contributed by atoms with Crippen molar-refractivity contribution >= 4 is 35.0 Å². The molecule has 12 heteroatoms. The molecule has 2 aromatic rings. The van der Waals surface area contributed by atoms with Crippen LogP contribution in [0.25, 0.3) is 0 Å². The summed E-state index contributed by atoms with van der Waals surface area (Å²) in [5, 5.41) is 5.70. The van der Waals surface area contributed by atoms with E-state index in [0.29, 0.717) is 15.8 Å². The summed E-state index contributed by atoms with van der Waals surface area (Å²) in [4.78, 5) is 27.3. The molecule has 31 heavy (non-hydrogen) atoms. The Labute approximate surface area is 185 Å². The minimum Gasteiger partial charge on any atom is -0.484 e. The quantitative estimate of drug-likeness (QED) is 0.566. The third-order valence-electron chi connectivity index (χ3n) is 3.52. The van der Waals surface area contributed by atoms with Crippen LogP contribution in [0.2, 0.25) is 10.0 Å². The first-order valence-electron chi connectivity index (χ1n) is 8.59. The molecule has 166 valence electrons. The highest BCUT2D eigenvalue weighted by Crippen LogP contribution is 2.26. The van der Waals surface area contributed by atoms with Gasteiger partial charge in [-0.1, -0.05) is 29.8 Å². The molecule has 2 N–H and O–H groups in total. The SMILES string of the molecule is C=C(CCNC(=O)COc1ccc(Cl)c(Cl)c1)NC(=O)c1ccc(OC(F)(F)F)nc1. The summed E-state index contributed by atoms with van der Waals surface area (Å²) in [5.74, 6) is -1.34. The molecule has 1 aromatic carbocycles. The van der Waals surface area contributed by atoms with Crippen molar-refractivity contribution in [2.75, 3.05) is 13.2 Å². The van der Waals surface area contributed by atoms with Crippen molar-refractivity contribution in [1.29, 1.82) is 0 Å². The molecule has 2 amide bonds. The number of nitrogens with zero attached hydrogens (tertiary/aromatic N) is 1. The average molecular weight is 478 g/mol. The maximum absolute atomic E-state index is 12.1. The number of ether oxygens (including phenoxy) is 2. The lowest BCUT2D eigenvalue weighted by Gasteiger charge is -2.11. The molecule has 0 aliphatic carbocycles. The van der Waals surface area contributed by atoms with Gasteiger partial charge in [0.1, 0.15) is 5.75 Å². The second-order valence-electron chi connectivity index (χ2n) is 5.96. The van der Waals surface area contributed by atoms with Crippen LogP contribution in [-0.4, -0.2) is 36.3 Å². The van der Waals surface area contributed by atoms with Gasteiger partial charge in [-0.2, -0.15) is 0 Å². The Hall–Kier alpha value is -2.98. The number of hydrogen-bond donors (Lipinski definition) is 2. The topological polar surface area (TPSA) is 89.6 Å². The van der Waals surface area contributed by atoms with Crippen LogP contribution >= 0.6 is 23.2 Å². The van der Waals surface area contributed by atoms with Crippen LogP contribution in [0, 0.1) is 0 Å². The predicted octanol–water partition coefficient (Wildman–Crippen LogP) is 4.12. The van der Waals surface area contributed by atoms with Crippen molar-refractivity contribution < 1.29 is 32.2 Å². The van der Waals surface area contributed by atoms with Crippen LogP contribution in [0.1, 0.15) is 16.8 Å². The fourth-order valence-corrected chi connectivity index (χ4v) is 2.40. The Morgan fingerprint density at radius 2 is 1.87 bits per heavy atom. The number of hydrogen-bond acceptors (Lipinski definition) is 5. The Balaban J connectivity index is 1.70. The molecule has 0 unspecified atom stereocenters. The highest BCUT2D eigenvalue weighted by atomic mass is 35.5. The summed E-state index contributed by atoms with van der Waals surface area (Å²) >= 11 is 11.6. The highest BCUT2D eigenvalue weighted by molar-refractivity contribution is 6.42. The largest absolute Gasteiger partial charge is 0.574 e. The van der Waals surface area contributed by atoms with E-state index in [1.165, 1.54) is 12.1 Å². The first-order valence-corrected chi connectivity index (χ1v) is 9.34. The Morgan fingerprint density at radius 1 is 1.13 bits per heavy atom. The van der Waals surface area contributed by atoms with Gasteiger partial charge in [-0.25, -0.2) is 4.98 Å². The molecule has 0 aliphatic heterocycles. The van der Waals surface area contributed by atoms with Crippen LogP contribution in [0.15, 0.2) is 48.8 Å². The lowest BCUT2D eigenvalue weighted by molar-refractivity contribution is -0.276. The van der Waals surface area contributed by atoms with Crippen LogP contribution < -0.4 is 20.1 Å². The second-order valence-corrected chi connectivity index (χ2v) is 6.77. The lowest BCUT2D eigenvalue weighted by Crippen LogP contribution is -2.31. The van der Waals surface area contributed by atoms with Gasteiger partial charge in [-0.05, 0) is 18.2 Å². The average Bonchev–Trinajstić information content (AvgIpc) is 2.68. The van der Waals surface area contributed by atoms with E-state index in [2.05, 4.69) is 26.9 Å². The molecule has 0 saturated heterocycles. The first-order chi connectivity index (χ1) is 14.5. The van der Waals surface area contributed by atoms with Crippen molar-refractivity contribution in [2.45, 2.75) is 12.8 Å². The minimum atomic E-state index is -4.87. The molecule has 7 nitrogen and oxygen atoms in total. The molecule has 2 rings (SSSR count). The molecule has 0 fully saturated rings. The van der Waals surface area contributed by atoms with Crippen molar-refractivity contribution in [3.63, 3.8) is 0 Å². The van der Waals surface area contributed by atoms with E-state index in [1.807, 2.05) is 0 Å². The third kappa shape index (κ3) is 8.73. The number of amides is 2. The molecule has 1 heterocycles. The maximum Gasteiger partial charge on any atom is 0.574 e. The number of pyridine rings is 1. The molecule has 0 radical (unpaired) electrons. The first kappa shape index (κ1) is 24.3. The summed E-state index contributed by atoms with van der Waals surface area (Å²) in [6.45, 7) is 3.57. The summed E-state index contributed by atoms with van der Waals surface area (Å²) in [5.41, 5.74) is 0.293. The molecule has 0 saturated carbocycles. The van der Waals surface area contributed by atoms with Gasteiger partial charge in [-0.15, -0.1) is 13.2 Å². The second kappa shape index (κ2) is 10.9. The van der Waals surface area contributed by atoms with Crippen molar-refractivity contribution in [1.82, 2.24) is 15.6 Å². The van der Waals surface area contributed by atoms with Crippen LogP contribution in [0.3, 0.4) is 0 Å². The fourth-order valence-electron chi connectivity index (χ4n) is 2.11. The van der Waals surface area contributed by atoms with Gasteiger partial charge in [0.05, 0.1) is 15.6 Å². The fraction of sp³-hybridized carbons (Fsp3) is 0.211. The van der Waals surface area contributed by atoms with E-state index in [1.54, 1.807) is 6.07 Å². The van der Waals surface area contributed by atoms with Crippen molar-refractivity contribution in [2.24, 2.45) is 0 Å². The van der Waals surface area contributed by atoms with Crippen LogP contribution in [-0.2, 0) is 4.79 Å². The number of carbonyl (C=O) groups excluding carboxylic acids is 2. The summed E-state index contributed by atoms with van der Waals surface area (Å²) < 4.78 is 45.3. The molecule has 0 bridgehead atoms. The number of halogens is 5. The molecular formula is C19H16Cl2F3N3O4. The Morgan fingerprint density at radius 3 is 2.48 bits per heavy atom. The number of aromatic nitrogens is 1. The molecule has 0 aliphatic rings. The predicted molar refractivity (Wildman–Crippen MR) is 107 cm³/mol. The highest BCUT2D eigenvalue weighted by Gasteiger charge is 2.31. The number of nitrogens with one attached hydrogen (secondary N) is 2. The van der Waals surface area contributed by atoms with Crippen molar-refractivity contribution in [3.05, 3.63) is 64.4 Å². The summed E-state index contributed by atoms with van der Waals surface area (Å²) in [6.07, 6.45) is -3.72. The molecule has 0 atom stereocenters. The van der Waals surface area contributed by atoms with E-state index in [9.17, 15) is 22.8 Å². The zero-order chi connectivity index (χ0) is 23.0. The number of carbonyl (C=O) groups is 2. The minimum absolute atomic E-state index is 0.00901. The standard InChI is InChI=1S/C19H16Cl2F3N3O4/c1-11(27-18(29)12-2-5-17(26-9-12)31-19(22,23)24)6-7-25-16(28)10-30-13-3-4-14(20)15(21)8-13/h2-5,8-9H,1,6-7,10H2,(H,25,28)(H,27,29). The number of benzene rings is 1. The summed E-state index contributed by atoms with van der Waals surface area (Å²) in [6, 6.07) is 6.62. The molecular weight excluding hydrogens is 462 g/mol. The molecule has 1 aromatic heterocycles. The monoisotopic (exact) mass is 477 g/mol. The van der Waals surface area contributed by atoms with Crippen LogP contribution in [0.4, 0.5) is 13.2 Å². The summed E-state index contributed by atoms with van der Waals surface area (Å²) in [7, 11) is 0. The van der Waals surface area contributed by atoms with Gasteiger partial charge in [0, 0.05) is 37.0 Å². The van der Waals surface area contributed by atoms with Gasteiger partial charge in [0.2, 0.25) is 5.88 Å². The molecule has 0 spiro atoms. The Bertz CT molecular complexity index is 953. The van der Waals surface area contributed by atoms with Crippen molar-refractivity contribution in [3.8, 4) is 11.6 Å². The maximum atomic E-state index is 12.1. The van der Waals surface area contributed by atoms with E-state index in [-0.39, 0.29) is 30.8 Å². The van der Waals surface area contributed by atoms with E-state index in [0.717, 1.165) is 18.3 Å². The van der Waals surface area contributed by atoms with Gasteiger partial charge in [0.15, 0.2) is 6.61 Å². The van der Waals surface area contributed by atoms with E-state index < -0.39 is 24.1 Å². The van der Waals surface area contributed by atoms with Gasteiger partial charge < -0.3 is 20.1 Å². The number of rotatable bonds is 9. The zero-order valence-electron chi connectivity index (χ0n) is 15.8. The van der Waals surface area contributed by atoms with Gasteiger partial charge >= 0.3 is 6.36 Å². The van der Waals surface area contributed by atoms with Gasteiger partial charge in [-0.3, -0.25) is 9.59 Å². The zero-order valence-corrected chi connectivity index (χ0v) is 17.3. The lowest BCUT2D eigenvalue weighted by atomic mass is 10.2. The normalized spacial score (nSPS) is 10.9. The van der Waals surface area contributed by atoms with E-state index >= 15 is 0 Å². The smallest absolute Gasteiger partial charge is 0.484 e. The van der Waals surface area contributed by atoms with Gasteiger partial charge in [0.25, 0.3) is 11.8 Å². The number of alkyl halides is 3. The Kier molecular flexibility index (Phi) is 8.52.